The minimum Gasteiger partial charge on any atom is -0.479 e. The fraction of sp³-hybridized carbons (Fsp3) is 0.556. The number of carboxylic acid groups (broad SMARTS) is 1. The minimum absolute atomic E-state index is 0.0468. The van der Waals surface area contributed by atoms with E-state index in [4.69, 9.17) is 9.84 Å². The molecule has 2 N–H and O–H groups in total. The summed E-state index contributed by atoms with van der Waals surface area (Å²) in [6.45, 7) is 4.31. The van der Waals surface area contributed by atoms with E-state index < -0.39 is 18.2 Å². The van der Waals surface area contributed by atoms with Gasteiger partial charge < -0.3 is 15.2 Å². The van der Waals surface area contributed by atoms with Crippen molar-refractivity contribution in [2.45, 2.75) is 57.8 Å². The lowest BCUT2D eigenvalue weighted by molar-refractivity contribution is -0.152. The normalized spacial score (nSPS) is 28.9. The Kier molecular flexibility index (Phi) is 4.15. The molecule has 0 radical (unpaired) electrons. The van der Waals surface area contributed by atoms with Gasteiger partial charge in [0.15, 0.2) is 6.10 Å². The largest absolute Gasteiger partial charge is 0.479 e. The molecule has 3 rings (SSSR count). The second-order valence-corrected chi connectivity index (χ2v) is 7.16. The number of amides is 1. The number of nitrogens with one attached hydrogen (secondary N) is 1. The summed E-state index contributed by atoms with van der Waals surface area (Å²) in [4.78, 5) is 23.5. The van der Waals surface area contributed by atoms with Crippen molar-refractivity contribution in [3.8, 4) is 0 Å². The lowest BCUT2D eigenvalue weighted by Gasteiger charge is -2.40. The molecular formula is C18H23NO4. The first-order valence-corrected chi connectivity index (χ1v) is 8.15. The molecule has 1 heterocycles. The first kappa shape index (κ1) is 16.0. The molecule has 0 spiro atoms. The molecule has 1 unspecified atom stereocenters. The van der Waals surface area contributed by atoms with Crippen LogP contribution in [0.1, 0.15) is 50.3 Å². The molecule has 0 bridgehead atoms. The highest BCUT2D eigenvalue weighted by Crippen LogP contribution is 2.43. The quantitative estimate of drug-likeness (QED) is 0.898. The van der Waals surface area contributed by atoms with Crippen molar-refractivity contribution >= 4 is 11.9 Å². The van der Waals surface area contributed by atoms with Crippen LogP contribution in [0.15, 0.2) is 24.3 Å². The maximum absolute atomic E-state index is 12.6. The van der Waals surface area contributed by atoms with Gasteiger partial charge in [0.25, 0.3) is 0 Å². The zero-order chi connectivity index (χ0) is 16.6. The van der Waals surface area contributed by atoms with Crippen molar-refractivity contribution in [3.05, 3.63) is 35.4 Å². The average Bonchev–Trinajstić information content (AvgIpc) is 3.00. The Hall–Kier alpha value is -1.88. The van der Waals surface area contributed by atoms with Crippen molar-refractivity contribution in [2.24, 2.45) is 5.41 Å². The van der Waals surface area contributed by atoms with E-state index in [9.17, 15) is 9.59 Å². The number of rotatable bonds is 3. The predicted molar refractivity (Wildman–Crippen MR) is 85.0 cm³/mol. The SMILES string of the molecule is CC1(C)CCc2ccccc2C1NC(=O)[C@@H]1CC[C@H](C(=O)O)O1. The number of carbonyl (C=O) groups is 2. The number of hydrogen-bond acceptors (Lipinski definition) is 3. The Morgan fingerprint density at radius 3 is 2.61 bits per heavy atom. The summed E-state index contributed by atoms with van der Waals surface area (Å²) in [6, 6.07) is 8.11. The van der Waals surface area contributed by atoms with E-state index in [1.54, 1.807) is 0 Å². The lowest BCUT2D eigenvalue weighted by atomic mass is 9.70. The Labute approximate surface area is 136 Å². The van der Waals surface area contributed by atoms with E-state index in [1.165, 1.54) is 5.56 Å². The van der Waals surface area contributed by atoms with Crippen molar-refractivity contribution < 1.29 is 19.4 Å². The van der Waals surface area contributed by atoms with Gasteiger partial charge in [-0.15, -0.1) is 0 Å². The zero-order valence-electron chi connectivity index (χ0n) is 13.5. The Balaban J connectivity index is 1.76. The number of fused-ring (bicyclic) bond motifs is 1. The van der Waals surface area contributed by atoms with Gasteiger partial charge in [0.1, 0.15) is 6.10 Å². The van der Waals surface area contributed by atoms with Gasteiger partial charge in [0, 0.05) is 0 Å². The Morgan fingerprint density at radius 1 is 1.22 bits per heavy atom. The molecule has 2 aliphatic rings. The van der Waals surface area contributed by atoms with Crippen LogP contribution < -0.4 is 5.32 Å². The molecule has 1 fully saturated rings. The van der Waals surface area contributed by atoms with Crippen molar-refractivity contribution in [3.63, 3.8) is 0 Å². The lowest BCUT2D eigenvalue weighted by Crippen LogP contribution is -2.45. The van der Waals surface area contributed by atoms with Gasteiger partial charge in [-0.2, -0.15) is 0 Å². The van der Waals surface area contributed by atoms with E-state index in [2.05, 4.69) is 31.3 Å². The van der Waals surface area contributed by atoms with Gasteiger partial charge >= 0.3 is 5.97 Å². The smallest absolute Gasteiger partial charge is 0.332 e. The summed E-state index contributed by atoms with van der Waals surface area (Å²) in [5.41, 5.74) is 2.38. The highest BCUT2D eigenvalue weighted by atomic mass is 16.5. The molecule has 1 saturated heterocycles. The summed E-state index contributed by atoms with van der Waals surface area (Å²) in [6.07, 6.45) is 1.32. The highest BCUT2D eigenvalue weighted by Gasteiger charge is 2.40. The van der Waals surface area contributed by atoms with Crippen LogP contribution in [0, 0.1) is 5.41 Å². The molecular weight excluding hydrogens is 294 g/mol. The molecule has 1 aliphatic heterocycles. The number of carbonyl (C=O) groups excluding carboxylic acids is 1. The monoisotopic (exact) mass is 317 g/mol. The molecule has 0 saturated carbocycles. The van der Waals surface area contributed by atoms with Crippen molar-refractivity contribution in [1.82, 2.24) is 5.32 Å². The summed E-state index contributed by atoms with van der Waals surface area (Å²) in [5, 5.41) is 12.1. The highest BCUT2D eigenvalue weighted by molar-refractivity contribution is 5.83. The summed E-state index contributed by atoms with van der Waals surface area (Å²) >= 11 is 0. The number of hydrogen-bond donors (Lipinski definition) is 2. The molecule has 1 aromatic carbocycles. The van der Waals surface area contributed by atoms with Crippen LogP contribution in [0.3, 0.4) is 0 Å². The number of aliphatic carboxylic acids is 1. The molecule has 1 aromatic rings. The standard InChI is InChI=1S/C18H23NO4/c1-18(2)10-9-11-5-3-4-6-12(11)15(18)19-16(20)13-7-8-14(23-13)17(21)22/h3-6,13-15H,7-10H2,1-2H3,(H,19,20)(H,21,22)/t13-,14+,15?/m0/s1. The second kappa shape index (κ2) is 5.96. The zero-order valence-corrected chi connectivity index (χ0v) is 13.5. The van der Waals surface area contributed by atoms with E-state index >= 15 is 0 Å². The Morgan fingerprint density at radius 2 is 1.91 bits per heavy atom. The van der Waals surface area contributed by atoms with Gasteiger partial charge in [-0.1, -0.05) is 38.1 Å². The molecule has 1 amide bonds. The third-order valence-corrected chi connectivity index (χ3v) is 5.06. The molecule has 3 atom stereocenters. The van der Waals surface area contributed by atoms with Crippen molar-refractivity contribution in [1.29, 1.82) is 0 Å². The topological polar surface area (TPSA) is 75.6 Å². The van der Waals surface area contributed by atoms with E-state index in [-0.39, 0.29) is 17.4 Å². The molecule has 124 valence electrons. The van der Waals surface area contributed by atoms with Gasteiger partial charge in [0.2, 0.25) is 5.91 Å². The van der Waals surface area contributed by atoms with Crippen LogP contribution >= 0.6 is 0 Å². The Bertz CT molecular complexity index is 625. The summed E-state index contributed by atoms with van der Waals surface area (Å²) in [7, 11) is 0. The number of ether oxygens (including phenoxy) is 1. The maximum atomic E-state index is 12.6. The van der Waals surface area contributed by atoms with E-state index in [0.717, 1.165) is 18.4 Å². The fourth-order valence-electron chi connectivity index (χ4n) is 3.59. The second-order valence-electron chi connectivity index (χ2n) is 7.16. The molecule has 0 aromatic heterocycles. The van der Waals surface area contributed by atoms with Gasteiger partial charge in [-0.05, 0) is 42.2 Å². The molecule has 5 heteroatoms. The predicted octanol–water partition coefficient (Wildman–Crippen LogP) is 2.45. The van der Waals surface area contributed by atoms with Crippen LogP contribution in [-0.4, -0.2) is 29.2 Å². The number of carboxylic acids is 1. The first-order valence-electron chi connectivity index (χ1n) is 8.15. The van der Waals surface area contributed by atoms with Gasteiger partial charge in [-0.25, -0.2) is 4.79 Å². The van der Waals surface area contributed by atoms with Gasteiger partial charge in [-0.3, -0.25) is 4.79 Å². The van der Waals surface area contributed by atoms with Crippen LogP contribution in [-0.2, 0) is 20.7 Å². The van der Waals surface area contributed by atoms with Crippen LogP contribution in [0.4, 0.5) is 0 Å². The third kappa shape index (κ3) is 3.11. The summed E-state index contributed by atoms with van der Waals surface area (Å²) in [5.74, 6) is -1.20. The fourth-order valence-corrected chi connectivity index (χ4v) is 3.59. The molecule has 5 nitrogen and oxygen atoms in total. The van der Waals surface area contributed by atoms with Crippen molar-refractivity contribution in [2.75, 3.05) is 0 Å². The van der Waals surface area contributed by atoms with Crippen LogP contribution in [0.5, 0.6) is 0 Å². The van der Waals surface area contributed by atoms with E-state index in [1.807, 2.05) is 12.1 Å². The van der Waals surface area contributed by atoms with Gasteiger partial charge in [0.05, 0.1) is 6.04 Å². The van der Waals surface area contributed by atoms with Crippen LogP contribution in [0.25, 0.3) is 0 Å². The summed E-state index contributed by atoms with van der Waals surface area (Å²) < 4.78 is 5.37. The maximum Gasteiger partial charge on any atom is 0.332 e. The minimum atomic E-state index is -0.997. The first-order chi connectivity index (χ1) is 10.9. The number of aryl methyl sites for hydroxylation is 1. The van der Waals surface area contributed by atoms with Crippen LogP contribution in [0.2, 0.25) is 0 Å². The van der Waals surface area contributed by atoms with E-state index in [0.29, 0.717) is 12.8 Å². The molecule has 23 heavy (non-hydrogen) atoms. The number of benzene rings is 1. The molecule has 1 aliphatic carbocycles. The third-order valence-electron chi connectivity index (χ3n) is 5.06. The average molecular weight is 317 g/mol.